The summed E-state index contributed by atoms with van der Waals surface area (Å²) < 4.78 is 10.1. The predicted octanol–water partition coefficient (Wildman–Crippen LogP) is 4.08. The minimum Gasteiger partial charge on any atom is -0.319 e. The molecule has 17 heavy (non-hydrogen) atoms. The summed E-state index contributed by atoms with van der Waals surface area (Å²) in [6.07, 6.45) is 1.43. The maximum absolute atomic E-state index is 11.8. The van der Waals surface area contributed by atoms with E-state index in [9.17, 15) is 4.79 Å². The second kappa shape index (κ2) is 5.55. The van der Waals surface area contributed by atoms with Gasteiger partial charge in [-0.15, -0.1) is 0 Å². The molecule has 0 aliphatic carbocycles. The Kier molecular flexibility index (Phi) is 4.29. The normalized spacial score (nSPS) is 10.3. The van der Waals surface area contributed by atoms with Gasteiger partial charge >= 0.3 is 0 Å². The van der Waals surface area contributed by atoms with E-state index in [2.05, 4.69) is 61.9 Å². The molecule has 1 aromatic carbocycles. The second-order valence-corrected chi connectivity index (χ2v) is 6.17. The lowest BCUT2D eigenvalue weighted by atomic mass is 10.3. The number of aromatic nitrogens is 2. The SMILES string of the molecule is O=C(Nc1c(Br)cc(Br)cc1Br)c1cnsn1. The van der Waals surface area contributed by atoms with Crippen LogP contribution in [-0.2, 0) is 0 Å². The largest absolute Gasteiger partial charge is 0.319 e. The van der Waals surface area contributed by atoms with Crippen molar-refractivity contribution in [2.24, 2.45) is 0 Å². The molecule has 2 rings (SSSR count). The smallest absolute Gasteiger partial charge is 0.277 e. The van der Waals surface area contributed by atoms with E-state index >= 15 is 0 Å². The Labute approximate surface area is 127 Å². The number of carbonyl (C=O) groups is 1. The second-order valence-electron chi connectivity index (χ2n) is 2.99. The van der Waals surface area contributed by atoms with E-state index in [1.165, 1.54) is 6.20 Å². The summed E-state index contributed by atoms with van der Waals surface area (Å²) in [6, 6.07) is 3.69. The molecule has 1 N–H and O–H groups in total. The fourth-order valence-electron chi connectivity index (χ4n) is 1.10. The Morgan fingerprint density at radius 3 is 2.41 bits per heavy atom. The average molecular weight is 442 g/mol. The van der Waals surface area contributed by atoms with E-state index in [1.54, 1.807) is 0 Å². The number of rotatable bonds is 2. The maximum atomic E-state index is 11.8. The number of nitrogens with zero attached hydrogens (tertiary/aromatic N) is 2. The Morgan fingerprint density at radius 1 is 1.24 bits per heavy atom. The number of benzene rings is 1. The van der Waals surface area contributed by atoms with E-state index in [1.807, 2.05) is 12.1 Å². The summed E-state index contributed by atoms with van der Waals surface area (Å²) in [5, 5.41) is 2.76. The molecular weight excluding hydrogens is 438 g/mol. The van der Waals surface area contributed by atoms with Gasteiger partial charge in [0.25, 0.3) is 5.91 Å². The topological polar surface area (TPSA) is 54.9 Å². The molecule has 8 heteroatoms. The monoisotopic (exact) mass is 439 g/mol. The zero-order valence-electron chi connectivity index (χ0n) is 8.08. The highest BCUT2D eigenvalue weighted by Gasteiger charge is 2.13. The van der Waals surface area contributed by atoms with Crippen LogP contribution in [0.15, 0.2) is 31.7 Å². The summed E-state index contributed by atoms with van der Waals surface area (Å²) in [5.74, 6) is -0.289. The molecule has 4 nitrogen and oxygen atoms in total. The van der Waals surface area contributed by atoms with Crippen LogP contribution in [0, 0.1) is 0 Å². The van der Waals surface area contributed by atoms with Crippen LogP contribution in [0.4, 0.5) is 5.69 Å². The van der Waals surface area contributed by atoms with Crippen molar-refractivity contribution < 1.29 is 4.79 Å². The third kappa shape index (κ3) is 3.12. The van der Waals surface area contributed by atoms with Crippen LogP contribution < -0.4 is 5.32 Å². The molecule has 1 aromatic heterocycles. The molecule has 0 saturated heterocycles. The molecule has 1 amide bonds. The number of hydrogen-bond donors (Lipinski definition) is 1. The zero-order chi connectivity index (χ0) is 12.4. The van der Waals surface area contributed by atoms with Crippen molar-refractivity contribution in [1.29, 1.82) is 0 Å². The number of halogens is 3. The Bertz CT molecular complexity index is 536. The first kappa shape index (κ1) is 13.1. The summed E-state index contributed by atoms with van der Waals surface area (Å²) in [6.45, 7) is 0. The number of carbonyl (C=O) groups excluding carboxylic acids is 1. The molecule has 0 bridgehead atoms. The lowest BCUT2D eigenvalue weighted by molar-refractivity contribution is 0.102. The Morgan fingerprint density at radius 2 is 1.88 bits per heavy atom. The van der Waals surface area contributed by atoms with Crippen LogP contribution in [0.2, 0.25) is 0 Å². The highest BCUT2D eigenvalue weighted by atomic mass is 79.9. The van der Waals surface area contributed by atoms with Gasteiger partial charge in [0.15, 0.2) is 5.69 Å². The average Bonchev–Trinajstić information content (AvgIpc) is 2.76. The Hall–Kier alpha value is -0.310. The van der Waals surface area contributed by atoms with Crippen LogP contribution >= 0.6 is 59.5 Å². The molecule has 0 spiro atoms. The van der Waals surface area contributed by atoms with Crippen LogP contribution in [0.1, 0.15) is 10.5 Å². The van der Waals surface area contributed by atoms with E-state index in [4.69, 9.17) is 0 Å². The molecule has 88 valence electrons. The minimum absolute atomic E-state index is 0.289. The fraction of sp³-hybridized carbons (Fsp3) is 0. The van der Waals surface area contributed by atoms with Crippen molar-refractivity contribution in [3.05, 3.63) is 37.4 Å². The van der Waals surface area contributed by atoms with Crippen LogP contribution in [0.3, 0.4) is 0 Å². The summed E-state index contributed by atoms with van der Waals surface area (Å²) in [4.78, 5) is 11.8. The van der Waals surface area contributed by atoms with Crippen molar-refractivity contribution in [3.8, 4) is 0 Å². The summed E-state index contributed by atoms with van der Waals surface area (Å²) in [7, 11) is 0. The zero-order valence-corrected chi connectivity index (χ0v) is 13.7. The third-order valence-corrected chi connectivity index (χ3v) is 4.03. The van der Waals surface area contributed by atoms with Gasteiger partial charge in [0.05, 0.1) is 23.6 Å². The molecule has 0 aliphatic rings. The number of amides is 1. The molecule has 0 fully saturated rings. The van der Waals surface area contributed by atoms with E-state index in [0.717, 1.165) is 25.1 Å². The van der Waals surface area contributed by atoms with Crippen LogP contribution in [0.25, 0.3) is 0 Å². The predicted molar refractivity (Wildman–Crippen MR) is 77.4 cm³/mol. The maximum Gasteiger partial charge on any atom is 0.277 e. The standard InChI is InChI=1S/C9H4Br3N3OS/c10-4-1-5(11)8(6(12)2-4)14-9(16)7-3-13-17-15-7/h1-3H,(H,14,16). The van der Waals surface area contributed by atoms with Crippen molar-refractivity contribution in [2.45, 2.75) is 0 Å². The first-order chi connectivity index (χ1) is 8.08. The van der Waals surface area contributed by atoms with Crippen LogP contribution in [-0.4, -0.2) is 14.7 Å². The van der Waals surface area contributed by atoms with E-state index in [-0.39, 0.29) is 5.91 Å². The van der Waals surface area contributed by atoms with Crippen LogP contribution in [0.5, 0.6) is 0 Å². The highest BCUT2D eigenvalue weighted by Crippen LogP contribution is 2.34. The minimum atomic E-state index is -0.289. The van der Waals surface area contributed by atoms with E-state index < -0.39 is 0 Å². The van der Waals surface area contributed by atoms with Crippen molar-refractivity contribution in [3.63, 3.8) is 0 Å². The van der Waals surface area contributed by atoms with Gasteiger partial charge in [-0.3, -0.25) is 4.79 Å². The number of hydrogen-bond acceptors (Lipinski definition) is 4. The highest BCUT2D eigenvalue weighted by molar-refractivity contribution is 9.11. The van der Waals surface area contributed by atoms with Gasteiger partial charge in [-0.1, -0.05) is 15.9 Å². The number of nitrogens with one attached hydrogen (secondary N) is 1. The quantitative estimate of drug-likeness (QED) is 0.764. The first-order valence-electron chi connectivity index (χ1n) is 4.31. The molecular formula is C9H4Br3N3OS. The van der Waals surface area contributed by atoms with Gasteiger partial charge in [-0.05, 0) is 44.0 Å². The van der Waals surface area contributed by atoms with Crippen molar-refractivity contribution >= 4 is 71.1 Å². The first-order valence-corrected chi connectivity index (χ1v) is 7.42. The molecule has 0 saturated carbocycles. The lowest BCUT2D eigenvalue weighted by Gasteiger charge is -2.08. The third-order valence-electron chi connectivity index (χ3n) is 1.84. The fourth-order valence-corrected chi connectivity index (χ4v) is 3.97. The number of anilines is 1. The van der Waals surface area contributed by atoms with Gasteiger partial charge in [-0.2, -0.15) is 8.75 Å². The molecule has 0 radical (unpaired) electrons. The van der Waals surface area contributed by atoms with Gasteiger partial charge in [0, 0.05) is 13.4 Å². The molecule has 0 atom stereocenters. The van der Waals surface area contributed by atoms with Gasteiger partial charge < -0.3 is 5.32 Å². The van der Waals surface area contributed by atoms with Crippen molar-refractivity contribution in [1.82, 2.24) is 8.75 Å². The van der Waals surface area contributed by atoms with Gasteiger partial charge in [0.1, 0.15) is 0 Å². The molecule has 2 aromatic rings. The summed E-state index contributed by atoms with van der Waals surface area (Å²) >= 11 is 11.1. The Balaban J connectivity index is 2.28. The molecule has 0 aliphatic heterocycles. The lowest BCUT2D eigenvalue weighted by Crippen LogP contribution is -2.13. The molecule has 0 unspecified atom stereocenters. The van der Waals surface area contributed by atoms with Gasteiger partial charge in [0.2, 0.25) is 0 Å². The summed E-state index contributed by atoms with van der Waals surface area (Å²) in [5.41, 5.74) is 0.961. The molecule has 1 heterocycles. The van der Waals surface area contributed by atoms with Crippen molar-refractivity contribution in [2.75, 3.05) is 5.32 Å². The van der Waals surface area contributed by atoms with Gasteiger partial charge in [-0.25, -0.2) is 0 Å². The van der Waals surface area contributed by atoms with E-state index in [0.29, 0.717) is 11.4 Å².